The molecular formula is C8H9ClN4O. The van der Waals surface area contributed by atoms with Crippen molar-refractivity contribution >= 4 is 22.8 Å². The second-order valence-corrected chi connectivity index (χ2v) is 3.21. The van der Waals surface area contributed by atoms with Gasteiger partial charge in [-0.1, -0.05) is 11.6 Å². The molecule has 0 aliphatic rings. The summed E-state index contributed by atoms with van der Waals surface area (Å²) in [6.45, 7) is 0.832. The van der Waals surface area contributed by atoms with Crippen LogP contribution in [0.4, 0.5) is 0 Å². The minimum Gasteiger partial charge on any atom is -0.396 e. The van der Waals surface area contributed by atoms with E-state index in [4.69, 9.17) is 16.7 Å². The normalized spacial score (nSPS) is 11.0. The average Bonchev–Trinajstić information content (AvgIpc) is 2.60. The van der Waals surface area contributed by atoms with Crippen LogP contribution in [0.2, 0.25) is 5.15 Å². The fourth-order valence-corrected chi connectivity index (χ4v) is 1.43. The zero-order valence-electron chi connectivity index (χ0n) is 7.39. The minimum absolute atomic E-state index is 0.151. The van der Waals surface area contributed by atoms with Crippen molar-refractivity contribution in [1.82, 2.24) is 19.5 Å². The molecule has 0 aliphatic carbocycles. The summed E-state index contributed by atoms with van der Waals surface area (Å²) in [6.07, 6.45) is 3.73. The van der Waals surface area contributed by atoms with E-state index >= 15 is 0 Å². The number of aliphatic hydroxyl groups is 1. The van der Waals surface area contributed by atoms with E-state index in [2.05, 4.69) is 15.0 Å². The monoisotopic (exact) mass is 212 g/mol. The summed E-state index contributed by atoms with van der Waals surface area (Å²) in [4.78, 5) is 12.0. The Morgan fingerprint density at radius 1 is 1.36 bits per heavy atom. The molecule has 0 bridgehead atoms. The van der Waals surface area contributed by atoms with Crippen LogP contribution >= 0.6 is 11.6 Å². The standard InChI is InChI=1S/C8H9ClN4O/c9-7-6-8(11-4-10-7)13(5-12-6)2-1-3-14/h4-5,14H,1-3H2. The topological polar surface area (TPSA) is 63.8 Å². The Morgan fingerprint density at radius 2 is 2.21 bits per heavy atom. The van der Waals surface area contributed by atoms with Gasteiger partial charge < -0.3 is 9.67 Å². The third-order valence-electron chi connectivity index (χ3n) is 1.91. The van der Waals surface area contributed by atoms with Gasteiger partial charge in [-0.15, -0.1) is 0 Å². The van der Waals surface area contributed by atoms with Crippen LogP contribution in [0.25, 0.3) is 11.2 Å². The Labute approximate surface area is 85.4 Å². The lowest BCUT2D eigenvalue weighted by atomic mass is 10.4. The number of hydrogen-bond donors (Lipinski definition) is 1. The van der Waals surface area contributed by atoms with Gasteiger partial charge in [-0.05, 0) is 6.42 Å². The second kappa shape index (κ2) is 3.89. The van der Waals surface area contributed by atoms with E-state index < -0.39 is 0 Å². The summed E-state index contributed by atoms with van der Waals surface area (Å²) in [5, 5.41) is 9.06. The van der Waals surface area contributed by atoms with Crippen LogP contribution in [0.5, 0.6) is 0 Å². The molecule has 0 fully saturated rings. The van der Waals surface area contributed by atoms with Crippen LogP contribution < -0.4 is 0 Å². The van der Waals surface area contributed by atoms with Crippen LogP contribution in [0.1, 0.15) is 6.42 Å². The van der Waals surface area contributed by atoms with Gasteiger partial charge in [0.15, 0.2) is 10.8 Å². The Balaban J connectivity index is 2.42. The molecule has 0 atom stereocenters. The van der Waals surface area contributed by atoms with Gasteiger partial charge in [0.25, 0.3) is 0 Å². The van der Waals surface area contributed by atoms with Crippen molar-refractivity contribution < 1.29 is 5.11 Å². The third kappa shape index (κ3) is 1.56. The second-order valence-electron chi connectivity index (χ2n) is 2.85. The molecule has 1 N–H and O–H groups in total. The number of imidazole rings is 1. The van der Waals surface area contributed by atoms with Gasteiger partial charge in [0.1, 0.15) is 11.8 Å². The zero-order valence-corrected chi connectivity index (χ0v) is 8.15. The number of nitrogens with zero attached hydrogens (tertiary/aromatic N) is 4. The number of aliphatic hydroxyl groups excluding tert-OH is 1. The maximum atomic E-state index is 8.70. The van der Waals surface area contributed by atoms with Gasteiger partial charge in [0, 0.05) is 13.2 Å². The van der Waals surface area contributed by atoms with Crippen LogP contribution in [0.3, 0.4) is 0 Å². The van der Waals surface area contributed by atoms with E-state index in [1.807, 2.05) is 4.57 Å². The first-order valence-electron chi connectivity index (χ1n) is 4.25. The molecule has 6 heteroatoms. The lowest BCUT2D eigenvalue weighted by molar-refractivity contribution is 0.280. The number of fused-ring (bicyclic) bond motifs is 1. The Kier molecular flexibility index (Phi) is 2.60. The molecule has 14 heavy (non-hydrogen) atoms. The van der Waals surface area contributed by atoms with Crippen LogP contribution in [0.15, 0.2) is 12.7 Å². The molecule has 0 saturated heterocycles. The molecule has 5 nitrogen and oxygen atoms in total. The fourth-order valence-electron chi connectivity index (χ4n) is 1.26. The molecule has 74 valence electrons. The van der Waals surface area contributed by atoms with Crippen LogP contribution in [0, 0.1) is 0 Å². The Hall–Kier alpha value is -1.20. The number of rotatable bonds is 3. The molecule has 0 unspecified atom stereocenters. The van der Waals surface area contributed by atoms with E-state index in [1.165, 1.54) is 6.33 Å². The molecule has 2 rings (SSSR count). The van der Waals surface area contributed by atoms with Crippen molar-refractivity contribution in [2.45, 2.75) is 13.0 Å². The largest absolute Gasteiger partial charge is 0.396 e. The van der Waals surface area contributed by atoms with Crippen molar-refractivity contribution in [3.63, 3.8) is 0 Å². The quantitative estimate of drug-likeness (QED) is 0.767. The summed E-state index contributed by atoms with van der Waals surface area (Å²) in [5.41, 5.74) is 1.31. The maximum absolute atomic E-state index is 8.70. The van der Waals surface area contributed by atoms with Crippen LogP contribution in [-0.2, 0) is 6.54 Å². The molecule has 0 saturated carbocycles. The van der Waals surface area contributed by atoms with E-state index in [-0.39, 0.29) is 6.61 Å². The summed E-state index contributed by atoms with van der Waals surface area (Å²) < 4.78 is 1.85. The van der Waals surface area contributed by atoms with Crippen LogP contribution in [-0.4, -0.2) is 31.2 Å². The predicted molar refractivity (Wildman–Crippen MR) is 52.0 cm³/mol. The van der Waals surface area contributed by atoms with Gasteiger partial charge in [-0.25, -0.2) is 15.0 Å². The highest BCUT2D eigenvalue weighted by Gasteiger charge is 2.07. The summed E-state index contributed by atoms with van der Waals surface area (Å²) in [6, 6.07) is 0. The van der Waals surface area contributed by atoms with Gasteiger partial charge in [0.2, 0.25) is 0 Å². The number of halogens is 1. The van der Waals surface area contributed by atoms with Crippen molar-refractivity contribution in [1.29, 1.82) is 0 Å². The van der Waals surface area contributed by atoms with Crippen molar-refractivity contribution in [2.24, 2.45) is 0 Å². The predicted octanol–water partition coefficient (Wildman–Crippen LogP) is 0.862. The van der Waals surface area contributed by atoms with E-state index in [9.17, 15) is 0 Å². The summed E-state index contributed by atoms with van der Waals surface area (Å²) in [7, 11) is 0. The first-order chi connectivity index (χ1) is 6.83. The lowest BCUT2D eigenvalue weighted by Crippen LogP contribution is -1.99. The third-order valence-corrected chi connectivity index (χ3v) is 2.19. The minimum atomic E-state index is 0.151. The summed E-state index contributed by atoms with van der Waals surface area (Å²) >= 11 is 5.83. The average molecular weight is 213 g/mol. The van der Waals surface area contributed by atoms with Crippen molar-refractivity contribution in [3.05, 3.63) is 17.8 Å². The molecule has 0 radical (unpaired) electrons. The Bertz CT molecular complexity index is 442. The zero-order chi connectivity index (χ0) is 9.97. The highest BCUT2D eigenvalue weighted by molar-refractivity contribution is 6.33. The highest BCUT2D eigenvalue weighted by atomic mass is 35.5. The molecule has 2 heterocycles. The number of aromatic nitrogens is 4. The molecule has 0 aromatic carbocycles. The number of aryl methyl sites for hydroxylation is 1. The highest BCUT2D eigenvalue weighted by Crippen LogP contribution is 2.16. The lowest BCUT2D eigenvalue weighted by Gasteiger charge is -2.00. The summed E-state index contributed by atoms with van der Waals surface area (Å²) in [5.74, 6) is 0. The SMILES string of the molecule is OCCCn1cnc2c(Cl)ncnc21. The number of hydrogen-bond acceptors (Lipinski definition) is 4. The molecule has 2 aromatic rings. The van der Waals surface area contributed by atoms with Gasteiger partial charge >= 0.3 is 0 Å². The van der Waals surface area contributed by atoms with Crippen molar-refractivity contribution in [2.75, 3.05) is 6.61 Å². The van der Waals surface area contributed by atoms with E-state index in [0.29, 0.717) is 29.3 Å². The van der Waals surface area contributed by atoms with E-state index in [1.54, 1.807) is 6.33 Å². The smallest absolute Gasteiger partial charge is 0.164 e. The fraction of sp³-hybridized carbons (Fsp3) is 0.375. The first kappa shape index (κ1) is 9.36. The first-order valence-corrected chi connectivity index (χ1v) is 4.63. The van der Waals surface area contributed by atoms with E-state index in [0.717, 1.165) is 0 Å². The Morgan fingerprint density at radius 3 is 3.00 bits per heavy atom. The van der Waals surface area contributed by atoms with Gasteiger partial charge in [-0.2, -0.15) is 0 Å². The molecule has 0 aliphatic heterocycles. The maximum Gasteiger partial charge on any atom is 0.164 e. The molecule has 2 aromatic heterocycles. The molecule has 0 spiro atoms. The molecular weight excluding hydrogens is 204 g/mol. The van der Waals surface area contributed by atoms with Crippen molar-refractivity contribution in [3.8, 4) is 0 Å². The van der Waals surface area contributed by atoms with Gasteiger partial charge in [-0.3, -0.25) is 0 Å². The van der Waals surface area contributed by atoms with Gasteiger partial charge in [0.05, 0.1) is 6.33 Å². The molecule has 0 amide bonds.